The van der Waals surface area contributed by atoms with E-state index >= 15 is 0 Å². The monoisotopic (exact) mass is 359 g/mol. The van der Waals surface area contributed by atoms with Crippen molar-refractivity contribution >= 4 is 10.0 Å². The molecule has 0 aromatic heterocycles. The van der Waals surface area contributed by atoms with Gasteiger partial charge in [-0.2, -0.15) is 9.57 Å². The van der Waals surface area contributed by atoms with E-state index in [9.17, 15) is 12.8 Å². The van der Waals surface area contributed by atoms with Crippen molar-refractivity contribution in [2.24, 2.45) is 0 Å². The summed E-state index contributed by atoms with van der Waals surface area (Å²) in [5, 5.41) is 8.99. The molecule has 0 unspecified atom stereocenters. The Balaban J connectivity index is 1.89. The SMILES string of the molecule is CN1CCN(S(=O)(=O)c2cccc(C#N)c2)C[C@@H]1c1ccc(F)cc1. The minimum Gasteiger partial charge on any atom is -0.297 e. The Bertz CT molecular complexity index is 907. The largest absolute Gasteiger partial charge is 0.297 e. The van der Waals surface area contributed by atoms with Crippen LogP contribution < -0.4 is 0 Å². The Hall–Kier alpha value is -2.27. The molecular weight excluding hydrogens is 341 g/mol. The van der Waals surface area contributed by atoms with Crippen molar-refractivity contribution in [3.63, 3.8) is 0 Å². The molecule has 1 aliphatic rings. The van der Waals surface area contributed by atoms with Gasteiger partial charge in [-0.1, -0.05) is 18.2 Å². The second-order valence-electron chi connectivity index (χ2n) is 6.05. The van der Waals surface area contributed by atoms with Gasteiger partial charge in [0.25, 0.3) is 0 Å². The molecule has 1 fully saturated rings. The molecule has 0 amide bonds. The van der Waals surface area contributed by atoms with Gasteiger partial charge >= 0.3 is 0 Å². The van der Waals surface area contributed by atoms with Crippen LogP contribution in [0.5, 0.6) is 0 Å². The van der Waals surface area contributed by atoms with E-state index in [1.165, 1.54) is 28.6 Å². The molecule has 5 nitrogen and oxygen atoms in total. The smallest absolute Gasteiger partial charge is 0.243 e. The van der Waals surface area contributed by atoms with E-state index in [1.54, 1.807) is 24.3 Å². The molecule has 0 radical (unpaired) electrons. The number of hydrogen-bond donors (Lipinski definition) is 0. The molecule has 0 bridgehead atoms. The lowest BCUT2D eigenvalue weighted by atomic mass is 10.0. The van der Waals surface area contributed by atoms with Crippen LogP contribution in [0.2, 0.25) is 0 Å². The lowest BCUT2D eigenvalue weighted by Crippen LogP contribution is -2.48. The summed E-state index contributed by atoms with van der Waals surface area (Å²) >= 11 is 0. The Morgan fingerprint density at radius 2 is 1.88 bits per heavy atom. The van der Waals surface area contributed by atoms with Gasteiger partial charge in [0.2, 0.25) is 10.0 Å². The third-order valence-electron chi connectivity index (χ3n) is 4.47. The zero-order valence-electron chi connectivity index (χ0n) is 13.8. The highest BCUT2D eigenvalue weighted by Gasteiger charge is 2.33. The summed E-state index contributed by atoms with van der Waals surface area (Å²) in [6.07, 6.45) is 0. The summed E-state index contributed by atoms with van der Waals surface area (Å²) in [6, 6.07) is 14.0. The van der Waals surface area contributed by atoms with Crippen molar-refractivity contribution in [1.29, 1.82) is 5.26 Å². The molecule has 25 heavy (non-hydrogen) atoms. The summed E-state index contributed by atoms with van der Waals surface area (Å²) in [5.74, 6) is -0.319. The van der Waals surface area contributed by atoms with E-state index in [-0.39, 0.29) is 23.3 Å². The third-order valence-corrected chi connectivity index (χ3v) is 6.33. The van der Waals surface area contributed by atoms with Gasteiger partial charge in [0.1, 0.15) is 5.82 Å². The lowest BCUT2D eigenvalue weighted by Gasteiger charge is -2.39. The fraction of sp³-hybridized carbons (Fsp3) is 0.278. The molecule has 0 aliphatic carbocycles. The van der Waals surface area contributed by atoms with Gasteiger partial charge < -0.3 is 0 Å². The van der Waals surface area contributed by atoms with Crippen molar-refractivity contribution < 1.29 is 12.8 Å². The molecule has 2 aromatic rings. The number of piperazine rings is 1. The molecule has 7 heteroatoms. The Morgan fingerprint density at radius 1 is 1.16 bits per heavy atom. The summed E-state index contributed by atoms with van der Waals surface area (Å²) < 4.78 is 40.5. The highest BCUT2D eigenvalue weighted by molar-refractivity contribution is 7.89. The molecule has 3 rings (SSSR count). The van der Waals surface area contributed by atoms with Crippen LogP contribution in [0.15, 0.2) is 53.4 Å². The van der Waals surface area contributed by atoms with Crippen LogP contribution in [0.1, 0.15) is 17.2 Å². The minimum absolute atomic E-state index is 0.119. The molecule has 2 aromatic carbocycles. The first-order valence-corrected chi connectivity index (χ1v) is 9.32. The first-order valence-electron chi connectivity index (χ1n) is 7.88. The van der Waals surface area contributed by atoms with Crippen LogP contribution in [0.4, 0.5) is 4.39 Å². The first kappa shape index (κ1) is 17.5. The number of nitriles is 1. The maximum atomic E-state index is 13.2. The van der Waals surface area contributed by atoms with Gasteiger partial charge in [0.15, 0.2) is 0 Å². The van der Waals surface area contributed by atoms with Gasteiger partial charge in [0, 0.05) is 25.7 Å². The number of hydrogen-bond acceptors (Lipinski definition) is 4. The predicted molar refractivity (Wildman–Crippen MR) is 91.7 cm³/mol. The normalized spacial score (nSPS) is 19.5. The van der Waals surface area contributed by atoms with Crippen LogP contribution >= 0.6 is 0 Å². The van der Waals surface area contributed by atoms with E-state index in [1.807, 2.05) is 13.1 Å². The number of rotatable bonds is 3. The maximum Gasteiger partial charge on any atom is 0.243 e. The Morgan fingerprint density at radius 3 is 2.56 bits per heavy atom. The first-order chi connectivity index (χ1) is 11.9. The molecule has 0 N–H and O–H groups in total. The topological polar surface area (TPSA) is 64.4 Å². The summed E-state index contributed by atoms with van der Waals surface area (Å²) in [5.41, 5.74) is 1.18. The number of likely N-dealkylation sites (N-methyl/N-ethyl adjacent to an activating group) is 1. The third kappa shape index (κ3) is 3.56. The minimum atomic E-state index is -3.69. The van der Waals surface area contributed by atoms with E-state index in [0.29, 0.717) is 18.7 Å². The standard InChI is InChI=1S/C18H18FN3O2S/c1-21-9-10-22(13-18(21)15-5-7-16(19)8-6-15)25(23,24)17-4-2-3-14(11-17)12-20/h2-8,11,18H,9-10,13H2,1H3/t18-/m1/s1. The van der Waals surface area contributed by atoms with Gasteiger partial charge in [0.05, 0.1) is 16.5 Å². The van der Waals surface area contributed by atoms with Crippen LogP contribution in [-0.2, 0) is 10.0 Å². The van der Waals surface area contributed by atoms with Crippen molar-refractivity contribution in [3.05, 3.63) is 65.5 Å². The van der Waals surface area contributed by atoms with Crippen LogP contribution in [0.25, 0.3) is 0 Å². The zero-order valence-corrected chi connectivity index (χ0v) is 14.6. The molecule has 130 valence electrons. The highest BCUT2D eigenvalue weighted by Crippen LogP contribution is 2.28. The van der Waals surface area contributed by atoms with E-state index in [0.717, 1.165) is 5.56 Å². The zero-order chi connectivity index (χ0) is 18.0. The second kappa shape index (κ2) is 6.92. The molecular formula is C18H18FN3O2S. The average Bonchev–Trinajstić information content (AvgIpc) is 2.63. The number of sulfonamides is 1. The highest BCUT2D eigenvalue weighted by atomic mass is 32.2. The van der Waals surface area contributed by atoms with Crippen LogP contribution in [0, 0.1) is 17.1 Å². The summed E-state index contributed by atoms with van der Waals surface area (Å²) in [4.78, 5) is 2.18. The molecule has 1 saturated heterocycles. The van der Waals surface area contributed by atoms with Crippen LogP contribution in [0.3, 0.4) is 0 Å². The van der Waals surface area contributed by atoms with E-state index < -0.39 is 10.0 Å². The quantitative estimate of drug-likeness (QED) is 0.844. The molecule has 1 aliphatic heterocycles. The fourth-order valence-corrected chi connectivity index (χ4v) is 4.47. The molecule has 0 saturated carbocycles. The average molecular weight is 359 g/mol. The van der Waals surface area contributed by atoms with Gasteiger partial charge in [-0.05, 0) is 42.9 Å². The van der Waals surface area contributed by atoms with Crippen molar-refractivity contribution in [2.75, 3.05) is 26.7 Å². The predicted octanol–water partition coefficient (Wildman–Crippen LogP) is 2.37. The lowest BCUT2D eigenvalue weighted by molar-refractivity contribution is 0.148. The van der Waals surface area contributed by atoms with Gasteiger partial charge in [-0.25, -0.2) is 12.8 Å². The second-order valence-corrected chi connectivity index (χ2v) is 7.99. The maximum absolute atomic E-state index is 13.2. The summed E-state index contributed by atoms with van der Waals surface area (Å²) in [7, 11) is -1.76. The van der Waals surface area contributed by atoms with Crippen molar-refractivity contribution in [3.8, 4) is 6.07 Å². The number of benzene rings is 2. The Labute approximate surface area is 147 Å². The molecule has 1 atom stereocenters. The van der Waals surface area contributed by atoms with Gasteiger partial charge in [-0.15, -0.1) is 0 Å². The molecule has 1 heterocycles. The van der Waals surface area contributed by atoms with E-state index in [2.05, 4.69) is 4.90 Å². The van der Waals surface area contributed by atoms with Crippen molar-refractivity contribution in [2.45, 2.75) is 10.9 Å². The molecule has 0 spiro atoms. The fourth-order valence-electron chi connectivity index (χ4n) is 2.99. The summed E-state index contributed by atoms with van der Waals surface area (Å²) in [6.45, 7) is 1.22. The number of nitrogens with zero attached hydrogens (tertiary/aromatic N) is 3. The number of halogens is 1. The Kier molecular flexibility index (Phi) is 4.86. The van der Waals surface area contributed by atoms with Gasteiger partial charge in [-0.3, -0.25) is 4.90 Å². The van der Waals surface area contributed by atoms with E-state index in [4.69, 9.17) is 5.26 Å². The van der Waals surface area contributed by atoms with Crippen molar-refractivity contribution in [1.82, 2.24) is 9.21 Å². The van der Waals surface area contributed by atoms with Crippen LogP contribution in [-0.4, -0.2) is 44.3 Å².